The normalized spacial score (nSPS) is 29.2. The van der Waals surface area contributed by atoms with Gasteiger partial charge < -0.3 is 9.13 Å². The highest BCUT2D eigenvalue weighted by Gasteiger charge is 2.32. The molecule has 0 aliphatic heterocycles. The molecule has 0 spiro atoms. The van der Waals surface area contributed by atoms with Gasteiger partial charge in [-0.3, -0.25) is 4.79 Å². The van der Waals surface area contributed by atoms with Crippen molar-refractivity contribution in [1.29, 1.82) is 0 Å². The van der Waals surface area contributed by atoms with Crippen LogP contribution in [0.4, 0.5) is 0 Å². The van der Waals surface area contributed by atoms with Crippen LogP contribution in [0.15, 0.2) is 36.7 Å². The van der Waals surface area contributed by atoms with Crippen molar-refractivity contribution in [2.75, 3.05) is 0 Å². The third kappa shape index (κ3) is 1.83. The molecule has 0 N–H and O–H groups in total. The first-order valence-corrected chi connectivity index (χ1v) is 7.14. The fraction of sp³-hybridized carbons (Fsp3) is 0.333. The molecule has 1 aliphatic rings. The van der Waals surface area contributed by atoms with Crippen molar-refractivity contribution in [3.05, 3.63) is 53.7 Å². The zero-order valence-electron chi connectivity index (χ0n) is 17.4. The van der Waals surface area contributed by atoms with E-state index in [-0.39, 0.29) is 17.8 Å². The van der Waals surface area contributed by atoms with Crippen molar-refractivity contribution >= 4 is 16.7 Å². The van der Waals surface area contributed by atoms with Gasteiger partial charge in [-0.05, 0) is 25.7 Å². The van der Waals surface area contributed by atoms with Crippen LogP contribution in [-0.2, 0) is 20.0 Å². The van der Waals surface area contributed by atoms with Gasteiger partial charge in [-0.2, -0.15) is 0 Å². The number of carbonyl (C=O) groups excluding carboxylic acids is 1. The minimum absolute atomic E-state index is 0.0103. The first-order valence-electron chi connectivity index (χ1n) is 9.64. The van der Waals surface area contributed by atoms with E-state index in [1.165, 1.54) is 15.3 Å². The Morgan fingerprint density at radius 1 is 1.45 bits per heavy atom. The molecule has 0 saturated carbocycles. The first kappa shape index (κ1) is 8.93. The molecule has 2 aromatic heterocycles. The number of hydrogen-bond acceptors (Lipinski definition) is 2. The third-order valence-corrected chi connectivity index (χ3v) is 4.19. The summed E-state index contributed by atoms with van der Waals surface area (Å²) in [4.78, 5) is 17.5. The molecule has 0 fully saturated rings. The van der Waals surface area contributed by atoms with Gasteiger partial charge in [-0.1, -0.05) is 18.2 Å². The molecule has 1 atom stereocenters. The molecule has 0 radical (unpaired) electrons. The van der Waals surface area contributed by atoms with Gasteiger partial charge in [0, 0.05) is 60.9 Å². The molecule has 1 aromatic carbocycles. The van der Waals surface area contributed by atoms with Gasteiger partial charge >= 0.3 is 0 Å². The average molecular weight is 298 g/mol. The number of carbonyl (C=O) groups is 1. The molecule has 0 saturated heterocycles. The molecule has 3 aromatic rings. The summed E-state index contributed by atoms with van der Waals surface area (Å²) in [6.07, 6.45) is -2.19. The first-order chi connectivity index (χ1) is 12.5. The number of nitrogens with zero attached hydrogens (tertiary/aromatic N) is 3. The largest absolute Gasteiger partial charge is 0.347 e. The molecule has 1 aliphatic carbocycles. The summed E-state index contributed by atoms with van der Waals surface area (Å²) in [5.41, 5.74) is 0.725. The fourth-order valence-electron chi connectivity index (χ4n) is 2.96. The number of benzene rings is 1. The molecular weight excluding hydrogens is 274 g/mol. The van der Waals surface area contributed by atoms with E-state index in [4.69, 9.17) is 6.85 Å². The average Bonchev–Trinajstić information content (AvgIpc) is 3.14. The highest BCUT2D eigenvalue weighted by molar-refractivity contribution is 6.11. The van der Waals surface area contributed by atoms with Crippen LogP contribution >= 0.6 is 0 Å². The van der Waals surface area contributed by atoms with Crippen molar-refractivity contribution in [3.63, 3.8) is 0 Å². The minimum Gasteiger partial charge on any atom is -0.347 e. The van der Waals surface area contributed by atoms with Crippen molar-refractivity contribution in [2.45, 2.75) is 26.2 Å². The lowest BCUT2D eigenvalue weighted by molar-refractivity contribution is 0.0888. The topological polar surface area (TPSA) is 39.8 Å². The van der Waals surface area contributed by atoms with Gasteiger partial charge in [-0.15, -0.1) is 0 Å². The highest BCUT2D eigenvalue weighted by Crippen LogP contribution is 2.34. The predicted molar refractivity (Wildman–Crippen MR) is 86.0 cm³/mol. The maximum absolute atomic E-state index is 13.5. The molecule has 0 bridgehead atoms. The third-order valence-electron chi connectivity index (χ3n) is 4.19. The van der Waals surface area contributed by atoms with E-state index in [0.717, 1.165) is 0 Å². The lowest BCUT2D eigenvalue weighted by Crippen LogP contribution is -2.27. The van der Waals surface area contributed by atoms with Crippen molar-refractivity contribution in [2.24, 2.45) is 12.9 Å². The summed E-state index contributed by atoms with van der Waals surface area (Å²) in [5, 5.41) is 0.540. The van der Waals surface area contributed by atoms with E-state index in [2.05, 4.69) is 4.98 Å². The number of rotatable bonds is 2. The molecule has 0 amide bonds. The Bertz CT molecular complexity index is 1080. The molecule has 2 heterocycles. The van der Waals surface area contributed by atoms with Gasteiger partial charge in [-0.25, -0.2) is 4.98 Å². The molecule has 4 rings (SSSR count). The Hall–Kier alpha value is -2.36. The predicted octanol–water partition coefficient (Wildman–Crippen LogP) is 3.13. The summed E-state index contributed by atoms with van der Waals surface area (Å²) >= 11 is 0. The SMILES string of the molecule is [2H]C1(Cn2ccnc2C)C(=O)c2c(n(C)c3ccccc23)C([2H])([2H])C1([2H])[2H]. The van der Waals surface area contributed by atoms with Gasteiger partial charge in [0.1, 0.15) is 5.82 Å². The lowest BCUT2D eigenvalue weighted by atomic mass is 9.85. The monoisotopic (exact) mass is 298 g/mol. The summed E-state index contributed by atoms with van der Waals surface area (Å²) in [7, 11) is 1.62. The maximum atomic E-state index is 13.5. The van der Waals surface area contributed by atoms with E-state index in [0.29, 0.717) is 16.7 Å². The van der Waals surface area contributed by atoms with Crippen molar-refractivity contribution in [3.8, 4) is 0 Å². The molecule has 4 heteroatoms. The second kappa shape index (κ2) is 4.83. The molecule has 22 heavy (non-hydrogen) atoms. The second-order valence-corrected chi connectivity index (χ2v) is 5.46. The van der Waals surface area contributed by atoms with Crippen LogP contribution in [0.5, 0.6) is 0 Å². The van der Waals surface area contributed by atoms with Crippen LogP contribution in [0, 0.1) is 12.8 Å². The van der Waals surface area contributed by atoms with E-state index in [1.807, 2.05) is 0 Å². The number of imidazole rings is 1. The summed E-state index contributed by atoms with van der Waals surface area (Å²) < 4.78 is 46.1. The molecule has 1 unspecified atom stereocenters. The van der Waals surface area contributed by atoms with E-state index in [9.17, 15) is 4.79 Å². The zero-order valence-corrected chi connectivity index (χ0v) is 12.4. The summed E-state index contributed by atoms with van der Waals surface area (Å²) in [5.74, 6) is -2.50. The van der Waals surface area contributed by atoms with Gasteiger partial charge in [0.2, 0.25) is 0 Å². The van der Waals surface area contributed by atoms with Crippen LogP contribution in [0.3, 0.4) is 0 Å². The molecule has 4 nitrogen and oxygen atoms in total. The van der Waals surface area contributed by atoms with Crippen molar-refractivity contribution in [1.82, 2.24) is 14.1 Å². The van der Waals surface area contributed by atoms with Gasteiger partial charge in [0.15, 0.2) is 5.78 Å². The number of Topliss-reactive ketones (excluding diaryl/α,β-unsaturated/α-hetero) is 1. The van der Waals surface area contributed by atoms with Gasteiger partial charge in [0.25, 0.3) is 0 Å². The summed E-state index contributed by atoms with van der Waals surface area (Å²) in [6, 6.07) is 7.01. The van der Waals surface area contributed by atoms with Crippen LogP contribution in [0.25, 0.3) is 10.9 Å². The number of ketones is 1. The lowest BCUT2D eigenvalue weighted by Gasteiger charge is -2.23. The Morgan fingerprint density at radius 3 is 3.05 bits per heavy atom. The summed E-state index contributed by atoms with van der Waals surface area (Å²) in [6.45, 7) is 1.39. The zero-order chi connectivity index (χ0) is 19.8. The van der Waals surface area contributed by atoms with E-state index >= 15 is 0 Å². The van der Waals surface area contributed by atoms with Crippen LogP contribution in [0.1, 0.15) is 35.1 Å². The fourth-order valence-corrected chi connectivity index (χ4v) is 2.96. The second-order valence-electron chi connectivity index (χ2n) is 5.46. The van der Waals surface area contributed by atoms with Crippen LogP contribution in [-0.4, -0.2) is 19.9 Å². The van der Waals surface area contributed by atoms with Crippen molar-refractivity contribution < 1.29 is 11.6 Å². The molecule has 112 valence electrons. The Kier molecular flexibility index (Phi) is 1.96. The Morgan fingerprint density at radius 2 is 2.27 bits per heavy atom. The van der Waals surface area contributed by atoms with E-state index < -0.39 is 24.4 Å². The van der Waals surface area contributed by atoms with Gasteiger partial charge in [0.05, 0.1) is 0 Å². The molecular formula is C18H19N3O. The van der Waals surface area contributed by atoms with E-state index in [1.54, 1.807) is 44.4 Å². The number of aromatic nitrogens is 3. The number of hydrogen-bond donors (Lipinski definition) is 0. The Balaban J connectivity index is 2.04. The Labute approximate surface area is 136 Å². The van der Waals surface area contributed by atoms with Crippen LogP contribution < -0.4 is 0 Å². The smallest absolute Gasteiger partial charge is 0.170 e. The van der Waals surface area contributed by atoms with Crippen LogP contribution in [0.2, 0.25) is 0 Å². The highest BCUT2D eigenvalue weighted by atomic mass is 16.1. The number of fused-ring (bicyclic) bond motifs is 3. The minimum atomic E-state index is -2.75. The number of para-hydroxylation sites is 1. The standard InChI is InChI=1S/C18H19N3O/c1-12-19-9-10-21(12)11-13-7-8-16-17(18(13)22)14-5-3-4-6-15(14)20(16)2/h3-6,9-10,13H,7-8,11H2,1-2H3/i7D2,8D2,13D. The quantitative estimate of drug-likeness (QED) is 0.729. The number of aryl methyl sites for hydroxylation is 2. The maximum Gasteiger partial charge on any atom is 0.170 e.